The highest BCUT2D eigenvalue weighted by Gasteiger charge is 2.26. The van der Waals surface area contributed by atoms with Crippen molar-refractivity contribution in [2.45, 2.75) is 4.90 Å². The summed E-state index contributed by atoms with van der Waals surface area (Å²) in [6, 6.07) is 6.09. The average Bonchev–Trinajstić information content (AvgIpc) is 2.92. The van der Waals surface area contributed by atoms with E-state index in [1.165, 1.54) is 16.4 Å². The Kier molecular flexibility index (Phi) is 4.46. The number of hydrogen-bond acceptors (Lipinski definition) is 8. The Morgan fingerprint density at radius 1 is 1.12 bits per heavy atom. The minimum absolute atomic E-state index is 0.141. The van der Waals surface area contributed by atoms with Gasteiger partial charge in [-0.3, -0.25) is 5.10 Å². The van der Waals surface area contributed by atoms with Crippen LogP contribution in [0, 0.1) is 0 Å². The number of nitrogens with zero attached hydrogens (tertiary/aromatic N) is 4. The van der Waals surface area contributed by atoms with Gasteiger partial charge in [0.05, 0.1) is 23.8 Å². The van der Waals surface area contributed by atoms with Crippen molar-refractivity contribution in [2.24, 2.45) is 10.2 Å². The number of H-pyrrole nitrogens is 1. The number of aromatic amines is 1. The van der Waals surface area contributed by atoms with Crippen molar-refractivity contribution < 1.29 is 13.2 Å². The fourth-order valence-electron chi connectivity index (χ4n) is 2.20. The van der Waals surface area contributed by atoms with Crippen LogP contribution < -0.4 is 11.5 Å². The minimum atomic E-state index is -3.52. The topological polar surface area (TPSA) is 152 Å². The highest BCUT2D eigenvalue weighted by atomic mass is 32.2. The number of morpholine rings is 1. The van der Waals surface area contributed by atoms with Crippen molar-refractivity contribution in [1.82, 2.24) is 14.5 Å². The van der Waals surface area contributed by atoms with E-state index in [2.05, 4.69) is 20.4 Å². The summed E-state index contributed by atoms with van der Waals surface area (Å²) >= 11 is 0. The van der Waals surface area contributed by atoms with Crippen LogP contribution in [0.3, 0.4) is 0 Å². The fourth-order valence-corrected chi connectivity index (χ4v) is 3.61. The Morgan fingerprint density at radius 3 is 2.38 bits per heavy atom. The van der Waals surface area contributed by atoms with Gasteiger partial charge in [0, 0.05) is 13.1 Å². The Bertz CT molecular complexity index is 819. The van der Waals surface area contributed by atoms with E-state index in [1.54, 1.807) is 12.1 Å². The molecule has 3 rings (SSSR count). The molecule has 0 spiro atoms. The van der Waals surface area contributed by atoms with Crippen molar-refractivity contribution in [3.8, 4) is 0 Å². The summed E-state index contributed by atoms with van der Waals surface area (Å²) in [5, 5.41) is 14.1. The van der Waals surface area contributed by atoms with Crippen molar-refractivity contribution in [3.63, 3.8) is 0 Å². The predicted molar refractivity (Wildman–Crippen MR) is 87.6 cm³/mol. The molecule has 24 heavy (non-hydrogen) atoms. The average molecular weight is 351 g/mol. The number of nitrogens with one attached hydrogen (secondary N) is 1. The molecular weight excluding hydrogens is 334 g/mol. The molecule has 0 unspecified atom stereocenters. The molecule has 1 saturated heterocycles. The predicted octanol–water partition coefficient (Wildman–Crippen LogP) is 1.01. The minimum Gasteiger partial charge on any atom is -0.382 e. The summed E-state index contributed by atoms with van der Waals surface area (Å²) in [6.07, 6.45) is 0. The lowest BCUT2D eigenvalue weighted by molar-refractivity contribution is 0.0730. The molecule has 10 nitrogen and oxygen atoms in total. The van der Waals surface area contributed by atoms with Gasteiger partial charge in [-0.15, -0.1) is 5.11 Å². The number of aromatic nitrogens is 2. The first-order valence-corrected chi connectivity index (χ1v) is 8.61. The number of ether oxygens (including phenoxy) is 1. The van der Waals surface area contributed by atoms with Gasteiger partial charge >= 0.3 is 0 Å². The molecule has 0 amide bonds. The van der Waals surface area contributed by atoms with Crippen LogP contribution in [0.1, 0.15) is 0 Å². The zero-order valence-electron chi connectivity index (χ0n) is 12.7. The summed E-state index contributed by atoms with van der Waals surface area (Å²) in [6.45, 7) is 1.50. The van der Waals surface area contributed by atoms with E-state index in [9.17, 15) is 8.42 Å². The molecule has 1 aliphatic rings. The van der Waals surface area contributed by atoms with E-state index in [1.807, 2.05) is 0 Å². The molecule has 2 heterocycles. The van der Waals surface area contributed by atoms with Gasteiger partial charge in [0.1, 0.15) is 5.82 Å². The molecule has 1 aliphatic heterocycles. The Morgan fingerprint density at radius 2 is 1.79 bits per heavy atom. The van der Waals surface area contributed by atoms with E-state index in [4.69, 9.17) is 16.2 Å². The first-order valence-electron chi connectivity index (χ1n) is 7.17. The molecule has 1 aromatic heterocycles. The third kappa shape index (κ3) is 3.22. The van der Waals surface area contributed by atoms with Gasteiger partial charge in [-0.2, -0.15) is 14.5 Å². The number of sulfonamides is 1. The molecule has 0 radical (unpaired) electrons. The summed E-state index contributed by atoms with van der Waals surface area (Å²) in [4.78, 5) is 0.200. The van der Waals surface area contributed by atoms with Gasteiger partial charge in [-0.1, -0.05) is 0 Å². The Labute approximate surface area is 138 Å². The number of nitrogen functional groups attached to an aromatic ring is 2. The third-order valence-corrected chi connectivity index (χ3v) is 5.42. The zero-order valence-corrected chi connectivity index (χ0v) is 13.5. The van der Waals surface area contributed by atoms with Crippen LogP contribution in [-0.2, 0) is 14.8 Å². The standard InChI is InChI=1S/C13H17N7O3S/c14-12-11(13(15)19-18-12)17-16-9-1-3-10(4-2-9)24(21,22)20-5-7-23-8-6-20/h1-4H,5-8H2,(H5,14,15,18,19). The lowest BCUT2D eigenvalue weighted by Gasteiger charge is -2.25. The first kappa shape index (κ1) is 16.4. The van der Waals surface area contributed by atoms with Crippen LogP contribution in [0.5, 0.6) is 0 Å². The molecule has 128 valence electrons. The Balaban J connectivity index is 1.78. The quantitative estimate of drug-likeness (QED) is 0.699. The van der Waals surface area contributed by atoms with Gasteiger partial charge in [0.2, 0.25) is 10.0 Å². The maximum atomic E-state index is 12.5. The van der Waals surface area contributed by atoms with Gasteiger partial charge in [0.25, 0.3) is 0 Å². The number of hydrogen-bond donors (Lipinski definition) is 3. The highest BCUT2D eigenvalue weighted by Crippen LogP contribution is 2.28. The number of azo groups is 1. The number of rotatable bonds is 4. The lowest BCUT2D eigenvalue weighted by Crippen LogP contribution is -2.40. The van der Waals surface area contributed by atoms with Crippen LogP contribution in [0.2, 0.25) is 0 Å². The second kappa shape index (κ2) is 6.55. The molecule has 0 atom stereocenters. The highest BCUT2D eigenvalue weighted by molar-refractivity contribution is 7.89. The van der Waals surface area contributed by atoms with Gasteiger partial charge in [0.15, 0.2) is 11.5 Å². The van der Waals surface area contributed by atoms with Crippen LogP contribution in [-0.4, -0.2) is 49.2 Å². The summed E-state index contributed by atoms with van der Waals surface area (Å²) < 4.78 is 31.6. The fraction of sp³-hybridized carbons (Fsp3) is 0.308. The normalized spacial score (nSPS) is 16.7. The van der Waals surface area contributed by atoms with Crippen molar-refractivity contribution >= 4 is 33.0 Å². The molecule has 0 bridgehead atoms. The van der Waals surface area contributed by atoms with E-state index >= 15 is 0 Å². The van der Waals surface area contributed by atoms with E-state index in [-0.39, 0.29) is 22.2 Å². The second-order valence-electron chi connectivity index (χ2n) is 5.08. The summed E-state index contributed by atoms with van der Waals surface area (Å²) in [7, 11) is -3.52. The van der Waals surface area contributed by atoms with Crippen LogP contribution >= 0.6 is 0 Å². The van der Waals surface area contributed by atoms with Gasteiger partial charge in [-0.25, -0.2) is 8.42 Å². The van der Waals surface area contributed by atoms with Crippen molar-refractivity contribution in [3.05, 3.63) is 24.3 Å². The molecule has 5 N–H and O–H groups in total. The van der Waals surface area contributed by atoms with E-state index in [0.29, 0.717) is 32.0 Å². The molecule has 1 aromatic carbocycles. The molecule has 0 saturated carbocycles. The van der Waals surface area contributed by atoms with Gasteiger partial charge in [-0.05, 0) is 24.3 Å². The van der Waals surface area contributed by atoms with E-state index < -0.39 is 10.0 Å². The maximum Gasteiger partial charge on any atom is 0.243 e. The van der Waals surface area contributed by atoms with Gasteiger partial charge < -0.3 is 16.2 Å². The molecule has 0 aliphatic carbocycles. The number of nitrogens with two attached hydrogens (primary N) is 2. The number of anilines is 2. The van der Waals surface area contributed by atoms with Crippen LogP contribution in [0.25, 0.3) is 0 Å². The van der Waals surface area contributed by atoms with E-state index in [0.717, 1.165) is 0 Å². The SMILES string of the molecule is Nc1n[nH]c(N)c1N=Nc1ccc(S(=O)(=O)N2CCOCC2)cc1. The second-order valence-corrected chi connectivity index (χ2v) is 7.02. The molecule has 2 aromatic rings. The third-order valence-electron chi connectivity index (χ3n) is 3.50. The smallest absolute Gasteiger partial charge is 0.243 e. The number of benzene rings is 1. The monoisotopic (exact) mass is 351 g/mol. The van der Waals surface area contributed by atoms with Crippen LogP contribution in [0.4, 0.5) is 23.0 Å². The van der Waals surface area contributed by atoms with Crippen LogP contribution in [0.15, 0.2) is 39.4 Å². The largest absolute Gasteiger partial charge is 0.382 e. The summed E-state index contributed by atoms with van der Waals surface area (Å²) in [5.41, 5.74) is 11.9. The first-order chi connectivity index (χ1) is 11.5. The van der Waals surface area contributed by atoms with Crippen molar-refractivity contribution in [2.75, 3.05) is 37.8 Å². The molecule has 1 fully saturated rings. The molecular formula is C13H17N7O3S. The molecule has 11 heteroatoms. The summed E-state index contributed by atoms with van der Waals surface area (Å²) in [5.74, 6) is 0.352. The Hall–Kier alpha value is -2.50. The zero-order chi connectivity index (χ0) is 17.2. The van der Waals surface area contributed by atoms with Crippen molar-refractivity contribution in [1.29, 1.82) is 0 Å². The maximum absolute atomic E-state index is 12.5. The lowest BCUT2D eigenvalue weighted by atomic mass is 10.3.